The van der Waals surface area contributed by atoms with Crippen LogP contribution in [0.4, 0.5) is 0 Å². The van der Waals surface area contributed by atoms with Crippen LogP contribution in [0.3, 0.4) is 0 Å². The molecule has 0 radical (unpaired) electrons. The number of ketones is 1. The summed E-state index contributed by atoms with van der Waals surface area (Å²) < 4.78 is 2.05. The highest BCUT2D eigenvalue weighted by atomic mass is 16.1. The Labute approximate surface area is 95.9 Å². The van der Waals surface area contributed by atoms with Crippen molar-refractivity contribution < 1.29 is 4.79 Å². The molecule has 1 atom stereocenters. The van der Waals surface area contributed by atoms with E-state index in [0.717, 1.165) is 5.52 Å². The number of fused-ring (bicyclic) bond motifs is 1. The number of hydrogen-bond donors (Lipinski definition) is 0. The second-order valence-corrected chi connectivity index (χ2v) is 4.51. The molecule has 0 saturated heterocycles. The maximum atomic E-state index is 12.0. The number of para-hydroxylation sites is 1. The Morgan fingerprint density at radius 3 is 2.50 bits per heavy atom. The average Bonchev–Trinajstić information content (AvgIpc) is 2.70. The summed E-state index contributed by atoms with van der Waals surface area (Å²) in [5.74, 6) is 0.359. The number of rotatable bonds is 3. The molecule has 2 aromatic rings. The fraction of sp³-hybridized carbons (Fsp3) is 0.357. The van der Waals surface area contributed by atoms with Gasteiger partial charge in [0.25, 0.3) is 0 Å². The number of hydrogen-bond acceptors (Lipinski definition) is 1. The number of Topliss-reactive ketones (excluding diaryl/α,β-unsaturated/α-hetero) is 1. The van der Waals surface area contributed by atoms with Gasteiger partial charge in [-0.1, -0.05) is 32.0 Å². The van der Waals surface area contributed by atoms with Gasteiger partial charge in [0.15, 0.2) is 5.78 Å². The number of aromatic nitrogens is 1. The van der Waals surface area contributed by atoms with Crippen molar-refractivity contribution in [2.45, 2.75) is 26.8 Å². The van der Waals surface area contributed by atoms with Gasteiger partial charge in [0, 0.05) is 17.6 Å². The zero-order chi connectivity index (χ0) is 11.7. The fourth-order valence-corrected chi connectivity index (χ4v) is 2.06. The van der Waals surface area contributed by atoms with E-state index in [4.69, 9.17) is 0 Å². The van der Waals surface area contributed by atoms with Crippen molar-refractivity contribution in [3.8, 4) is 0 Å². The maximum Gasteiger partial charge on any atom is 0.157 e. The molecule has 1 aromatic carbocycles. The third-order valence-corrected chi connectivity index (χ3v) is 3.03. The molecule has 0 aliphatic rings. The SMILES string of the molecule is CC(C)C(=O)C(C)n1ccc2ccccc21. The highest BCUT2D eigenvalue weighted by Crippen LogP contribution is 2.21. The molecule has 0 saturated carbocycles. The van der Waals surface area contributed by atoms with E-state index in [0.29, 0.717) is 0 Å². The van der Waals surface area contributed by atoms with Crippen LogP contribution >= 0.6 is 0 Å². The van der Waals surface area contributed by atoms with E-state index < -0.39 is 0 Å². The maximum absolute atomic E-state index is 12.0. The Bertz CT molecular complexity index is 510. The van der Waals surface area contributed by atoms with Crippen LogP contribution in [0.5, 0.6) is 0 Å². The van der Waals surface area contributed by atoms with Gasteiger partial charge < -0.3 is 4.57 Å². The Hall–Kier alpha value is -1.57. The summed E-state index contributed by atoms with van der Waals surface area (Å²) >= 11 is 0. The van der Waals surface area contributed by atoms with Gasteiger partial charge in [-0.25, -0.2) is 0 Å². The number of benzene rings is 1. The van der Waals surface area contributed by atoms with E-state index >= 15 is 0 Å². The Morgan fingerprint density at radius 1 is 1.12 bits per heavy atom. The molecule has 0 aliphatic heterocycles. The number of nitrogens with zero attached hydrogens (tertiary/aromatic N) is 1. The molecule has 1 unspecified atom stereocenters. The van der Waals surface area contributed by atoms with Gasteiger partial charge in [0.1, 0.15) is 0 Å². The van der Waals surface area contributed by atoms with Crippen molar-refractivity contribution >= 4 is 16.7 Å². The molecule has 0 aliphatic carbocycles. The standard InChI is InChI=1S/C14H17NO/c1-10(2)14(16)11(3)15-9-8-12-6-4-5-7-13(12)15/h4-11H,1-3H3. The van der Waals surface area contributed by atoms with E-state index in [2.05, 4.69) is 22.8 Å². The van der Waals surface area contributed by atoms with E-state index in [-0.39, 0.29) is 17.7 Å². The van der Waals surface area contributed by atoms with Gasteiger partial charge in [0.05, 0.1) is 6.04 Å². The summed E-state index contributed by atoms with van der Waals surface area (Å²) in [7, 11) is 0. The lowest BCUT2D eigenvalue weighted by Crippen LogP contribution is -2.20. The number of carbonyl (C=O) groups excluding carboxylic acids is 1. The highest BCUT2D eigenvalue weighted by molar-refractivity contribution is 5.87. The minimum Gasteiger partial charge on any atom is -0.337 e. The van der Waals surface area contributed by atoms with E-state index in [1.54, 1.807) is 0 Å². The first-order valence-corrected chi connectivity index (χ1v) is 5.70. The third-order valence-electron chi connectivity index (χ3n) is 3.03. The van der Waals surface area contributed by atoms with Crippen LogP contribution in [0.2, 0.25) is 0 Å². The van der Waals surface area contributed by atoms with Crippen molar-refractivity contribution in [3.05, 3.63) is 36.5 Å². The van der Waals surface area contributed by atoms with Crippen LogP contribution in [0.25, 0.3) is 10.9 Å². The van der Waals surface area contributed by atoms with Gasteiger partial charge in [-0.05, 0) is 24.4 Å². The molecule has 0 fully saturated rings. The normalized spacial score (nSPS) is 13.2. The highest BCUT2D eigenvalue weighted by Gasteiger charge is 2.18. The molecule has 0 bridgehead atoms. The first-order valence-electron chi connectivity index (χ1n) is 5.70. The van der Waals surface area contributed by atoms with Crippen LogP contribution in [-0.2, 0) is 4.79 Å². The zero-order valence-corrected chi connectivity index (χ0v) is 9.97. The molecule has 84 valence electrons. The van der Waals surface area contributed by atoms with Gasteiger partial charge in [-0.2, -0.15) is 0 Å². The van der Waals surface area contributed by atoms with Gasteiger partial charge >= 0.3 is 0 Å². The van der Waals surface area contributed by atoms with Crippen LogP contribution in [0, 0.1) is 5.92 Å². The molecule has 1 heterocycles. The molecule has 16 heavy (non-hydrogen) atoms. The van der Waals surface area contributed by atoms with Crippen LogP contribution in [0.1, 0.15) is 26.8 Å². The molecular weight excluding hydrogens is 198 g/mol. The molecule has 0 amide bonds. The van der Waals surface area contributed by atoms with E-state index in [1.807, 2.05) is 39.1 Å². The molecule has 0 N–H and O–H groups in total. The summed E-state index contributed by atoms with van der Waals surface area (Å²) in [6, 6.07) is 10.1. The zero-order valence-electron chi connectivity index (χ0n) is 9.97. The first kappa shape index (κ1) is 10.9. The Balaban J connectivity index is 2.44. The summed E-state index contributed by atoms with van der Waals surface area (Å²) in [6.07, 6.45) is 2.00. The number of carbonyl (C=O) groups is 1. The summed E-state index contributed by atoms with van der Waals surface area (Å²) in [5, 5.41) is 1.19. The third kappa shape index (κ3) is 1.75. The summed E-state index contributed by atoms with van der Waals surface area (Å²) in [4.78, 5) is 12.0. The molecule has 0 spiro atoms. The minimum atomic E-state index is -0.0834. The predicted molar refractivity (Wildman–Crippen MR) is 66.5 cm³/mol. The lowest BCUT2D eigenvalue weighted by Gasteiger charge is -2.16. The second kappa shape index (κ2) is 4.12. The minimum absolute atomic E-state index is 0.0798. The second-order valence-electron chi connectivity index (χ2n) is 4.51. The quantitative estimate of drug-likeness (QED) is 0.768. The van der Waals surface area contributed by atoms with Gasteiger partial charge in [-0.15, -0.1) is 0 Å². The lowest BCUT2D eigenvalue weighted by atomic mass is 10.0. The first-order chi connectivity index (χ1) is 7.61. The Kier molecular flexibility index (Phi) is 2.82. The largest absolute Gasteiger partial charge is 0.337 e. The molecule has 2 heteroatoms. The van der Waals surface area contributed by atoms with E-state index in [1.165, 1.54) is 5.39 Å². The monoisotopic (exact) mass is 215 g/mol. The Morgan fingerprint density at radius 2 is 1.81 bits per heavy atom. The van der Waals surface area contributed by atoms with Gasteiger partial charge in [0.2, 0.25) is 0 Å². The van der Waals surface area contributed by atoms with Crippen molar-refractivity contribution in [1.29, 1.82) is 0 Å². The summed E-state index contributed by atoms with van der Waals surface area (Å²) in [6.45, 7) is 5.86. The average molecular weight is 215 g/mol. The molecule has 2 rings (SSSR count). The van der Waals surface area contributed by atoms with Crippen LogP contribution in [0.15, 0.2) is 36.5 Å². The molecule has 2 nitrogen and oxygen atoms in total. The predicted octanol–water partition coefficient (Wildman–Crippen LogP) is 3.43. The van der Waals surface area contributed by atoms with Crippen molar-refractivity contribution in [2.75, 3.05) is 0 Å². The smallest absolute Gasteiger partial charge is 0.157 e. The fourth-order valence-electron chi connectivity index (χ4n) is 2.06. The lowest BCUT2D eigenvalue weighted by molar-refractivity contribution is -0.124. The topological polar surface area (TPSA) is 22.0 Å². The van der Waals surface area contributed by atoms with Gasteiger partial charge in [-0.3, -0.25) is 4.79 Å². The van der Waals surface area contributed by atoms with Crippen LogP contribution in [-0.4, -0.2) is 10.4 Å². The van der Waals surface area contributed by atoms with E-state index in [9.17, 15) is 4.79 Å². The van der Waals surface area contributed by atoms with Crippen molar-refractivity contribution in [1.82, 2.24) is 4.57 Å². The van der Waals surface area contributed by atoms with Crippen LogP contribution < -0.4 is 0 Å². The molecule has 1 aromatic heterocycles. The van der Waals surface area contributed by atoms with Crippen molar-refractivity contribution in [3.63, 3.8) is 0 Å². The summed E-state index contributed by atoms with van der Waals surface area (Å²) in [5.41, 5.74) is 1.13. The van der Waals surface area contributed by atoms with Crippen molar-refractivity contribution in [2.24, 2.45) is 5.92 Å². The molecular formula is C14H17NO.